The maximum Gasteiger partial charge on any atom is 0.407 e. The first-order valence-corrected chi connectivity index (χ1v) is 7.40. The van der Waals surface area contributed by atoms with Gasteiger partial charge in [-0.25, -0.2) is 9.59 Å². The Morgan fingerprint density at radius 3 is 2.58 bits per heavy atom. The molecule has 1 N–H and O–H groups in total. The molecule has 0 fully saturated rings. The van der Waals surface area contributed by atoms with Crippen LogP contribution in [-0.2, 0) is 14.3 Å². The summed E-state index contributed by atoms with van der Waals surface area (Å²) >= 11 is 0. The lowest BCUT2D eigenvalue weighted by Gasteiger charge is -2.12. The summed E-state index contributed by atoms with van der Waals surface area (Å²) < 4.78 is 9.79. The summed E-state index contributed by atoms with van der Waals surface area (Å²) in [6, 6.07) is 9.31. The molecule has 0 aliphatic carbocycles. The monoisotopic (exact) mass is 334 g/mol. The van der Waals surface area contributed by atoms with E-state index in [9.17, 15) is 9.59 Å². The molecule has 0 saturated heterocycles. The van der Waals surface area contributed by atoms with Gasteiger partial charge in [-0.1, -0.05) is 30.0 Å². The zero-order valence-corrected chi connectivity index (χ0v) is 13.9. The summed E-state index contributed by atoms with van der Waals surface area (Å²) in [5, 5.41) is 12.1. The molecule has 1 rings (SSSR count). The van der Waals surface area contributed by atoms with E-state index in [2.05, 4.69) is 22.2 Å². The lowest BCUT2D eigenvalue weighted by Crippen LogP contribution is -2.30. The second-order valence-corrected chi connectivity index (χ2v) is 4.89. The molecular weight excluding hydrogens is 312 g/mol. The minimum Gasteiger partial charge on any atom is -0.460 e. The van der Waals surface area contributed by atoms with Crippen LogP contribution in [0.3, 0.4) is 0 Å². The van der Waals surface area contributed by atoms with Crippen molar-refractivity contribution in [2.45, 2.75) is 6.92 Å². The van der Waals surface area contributed by atoms with Crippen LogP contribution in [0.4, 0.5) is 10.5 Å². The molecule has 0 unspecified atom stereocenters. The summed E-state index contributed by atoms with van der Waals surface area (Å²) in [6.07, 6.45) is -0.588. The molecule has 0 atom stereocenters. The van der Waals surface area contributed by atoms with Crippen LogP contribution in [0.25, 0.3) is 0 Å². The molecule has 24 heavy (non-hydrogen) atoms. The average molecular weight is 334 g/mol. The van der Waals surface area contributed by atoms with Crippen molar-refractivity contribution in [3.8, 4) is 0 Å². The van der Waals surface area contributed by atoms with E-state index >= 15 is 0 Å². The van der Waals surface area contributed by atoms with E-state index in [1.54, 1.807) is 19.0 Å². The van der Waals surface area contributed by atoms with Crippen molar-refractivity contribution >= 4 is 17.7 Å². The topological polar surface area (TPSA) is 92.6 Å². The van der Waals surface area contributed by atoms with Crippen LogP contribution < -0.4 is 5.32 Å². The van der Waals surface area contributed by atoms with Gasteiger partial charge in [-0.2, -0.15) is 0 Å². The van der Waals surface area contributed by atoms with Crippen molar-refractivity contribution in [1.82, 2.24) is 10.3 Å². The van der Waals surface area contributed by atoms with Gasteiger partial charge >= 0.3 is 12.1 Å². The van der Waals surface area contributed by atoms with Crippen LogP contribution in [-0.4, -0.2) is 50.4 Å². The maximum atomic E-state index is 11.4. The quantitative estimate of drug-likeness (QED) is 0.246. The van der Waals surface area contributed by atoms with Gasteiger partial charge in [0.1, 0.15) is 13.2 Å². The molecule has 1 aromatic carbocycles. The maximum absolute atomic E-state index is 11.4. The molecule has 8 nitrogen and oxygen atoms in total. The van der Waals surface area contributed by atoms with E-state index < -0.39 is 12.1 Å². The number of carbonyl (C=O) groups is 2. The number of nitrogens with zero attached hydrogens (tertiary/aromatic N) is 3. The lowest BCUT2D eigenvalue weighted by molar-refractivity contribution is -0.138. The highest BCUT2D eigenvalue weighted by molar-refractivity contribution is 5.86. The number of alkyl carbamates (subject to hydrolysis) is 1. The molecule has 0 radical (unpaired) electrons. The Hall–Kier alpha value is -2.90. The number of nitrogens with one attached hydrogen (secondary N) is 1. The van der Waals surface area contributed by atoms with Gasteiger partial charge in [-0.15, -0.1) is 5.11 Å². The van der Waals surface area contributed by atoms with Gasteiger partial charge in [-0.05, 0) is 19.1 Å². The van der Waals surface area contributed by atoms with E-state index in [0.717, 1.165) is 5.69 Å². The molecule has 0 aromatic heterocycles. The van der Waals surface area contributed by atoms with E-state index in [1.807, 2.05) is 30.3 Å². The van der Waals surface area contributed by atoms with Crippen molar-refractivity contribution < 1.29 is 19.1 Å². The zero-order chi connectivity index (χ0) is 17.8. The van der Waals surface area contributed by atoms with Crippen LogP contribution in [0.2, 0.25) is 0 Å². The van der Waals surface area contributed by atoms with E-state index in [0.29, 0.717) is 12.1 Å². The Morgan fingerprint density at radius 2 is 1.92 bits per heavy atom. The van der Waals surface area contributed by atoms with Crippen LogP contribution in [0.1, 0.15) is 6.92 Å². The number of carbonyl (C=O) groups excluding carboxylic acids is 2. The lowest BCUT2D eigenvalue weighted by atomic mass is 10.3. The Labute approximate surface area is 141 Å². The van der Waals surface area contributed by atoms with Crippen LogP contribution >= 0.6 is 0 Å². The molecule has 1 aromatic rings. The Balaban J connectivity index is 2.11. The number of benzene rings is 1. The summed E-state index contributed by atoms with van der Waals surface area (Å²) in [7, 11) is 1.73. The van der Waals surface area contributed by atoms with Crippen molar-refractivity contribution in [2.75, 3.05) is 33.4 Å². The molecule has 0 saturated carbocycles. The summed E-state index contributed by atoms with van der Waals surface area (Å²) in [4.78, 5) is 22.5. The SMILES string of the molecule is C=C(C)C(=O)OCCNC(=O)OCCN(C)N=Nc1ccccc1. The van der Waals surface area contributed by atoms with Crippen molar-refractivity contribution in [2.24, 2.45) is 10.3 Å². The van der Waals surface area contributed by atoms with E-state index in [1.165, 1.54) is 0 Å². The minimum atomic E-state index is -0.588. The largest absolute Gasteiger partial charge is 0.460 e. The van der Waals surface area contributed by atoms with Gasteiger partial charge in [-0.3, -0.25) is 5.01 Å². The average Bonchev–Trinajstić information content (AvgIpc) is 2.57. The van der Waals surface area contributed by atoms with Crippen LogP contribution in [0, 0.1) is 0 Å². The van der Waals surface area contributed by atoms with Crippen LogP contribution in [0.15, 0.2) is 52.8 Å². The fourth-order valence-electron chi connectivity index (χ4n) is 1.41. The van der Waals surface area contributed by atoms with Gasteiger partial charge in [0.25, 0.3) is 0 Å². The molecule has 0 bridgehead atoms. The molecule has 1 amide bonds. The zero-order valence-electron chi connectivity index (χ0n) is 13.9. The molecule has 0 aliphatic heterocycles. The number of ether oxygens (including phenoxy) is 2. The molecule has 0 spiro atoms. The predicted molar refractivity (Wildman–Crippen MR) is 88.7 cm³/mol. The summed E-state index contributed by atoms with van der Waals surface area (Å²) in [5.41, 5.74) is 1.05. The van der Waals surface area contributed by atoms with E-state index in [-0.39, 0.29) is 19.8 Å². The first-order chi connectivity index (χ1) is 11.5. The highest BCUT2D eigenvalue weighted by atomic mass is 16.6. The number of likely N-dealkylation sites (N-methyl/N-ethyl adjacent to an activating group) is 1. The fourth-order valence-corrected chi connectivity index (χ4v) is 1.41. The highest BCUT2D eigenvalue weighted by Gasteiger charge is 2.05. The van der Waals surface area contributed by atoms with Gasteiger partial charge in [0.05, 0.1) is 18.8 Å². The first-order valence-electron chi connectivity index (χ1n) is 7.40. The number of rotatable bonds is 9. The fraction of sp³-hybridized carbons (Fsp3) is 0.375. The Bertz CT molecular complexity index is 575. The second kappa shape index (κ2) is 10.8. The third-order valence-electron chi connectivity index (χ3n) is 2.67. The highest BCUT2D eigenvalue weighted by Crippen LogP contribution is 2.10. The molecule has 0 aliphatic rings. The second-order valence-electron chi connectivity index (χ2n) is 4.89. The normalized spacial score (nSPS) is 10.2. The molecular formula is C16H22N4O4. The van der Waals surface area contributed by atoms with Gasteiger partial charge in [0.15, 0.2) is 0 Å². The number of hydrogen-bond donors (Lipinski definition) is 1. The van der Waals surface area contributed by atoms with Crippen molar-refractivity contribution in [3.05, 3.63) is 42.5 Å². The molecule has 0 heterocycles. The number of hydrogen-bond acceptors (Lipinski definition) is 6. The first kappa shape index (κ1) is 19.1. The molecule has 130 valence electrons. The van der Waals surface area contributed by atoms with E-state index in [4.69, 9.17) is 9.47 Å². The standard InChI is InChI=1S/C16H22N4O4/c1-13(2)15(21)23-11-9-17-16(22)24-12-10-20(3)19-18-14-7-5-4-6-8-14/h4-8H,1,9-12H2,2-3H3,(H,17,22). The van der Waals surface area contributed by atoms with Gasteiger partial charge < -0.3 is 14.8 Å². The number of amides is 1. The predicted octanol–water partition coefficient (Wildman–Crippen LogP) is 2.46. The smallest absolute Gasteiger partial charge is 0.407 e. The summed E-state index contributed by atoms with van der Waals surface area (Å²) in [6.45, 7) is 5.78. The third kappa shape index (κ3) is 8.52. The van der Waals surface area contributed by atoms with Crippen LogP contribution in [0.5, 0.6) is 0 Å². The van der Waals surface area contributed by atoms with Crippen molar-refractivity contribution in [1.29, 1.82) is 0 Å². The third-order valence-corrected chi connectivity index (χ3v) is 2.67. The molecule has 8 heteroatoms. The minimum absolute atomic E-state index is 0.0615. The van der Waals surface area contributed by atoms with Gasteiger partial charge in [0.2, 0.25) is 0 Å². The van der Waals surface area contributed by atoms with Gasteiger partial charge in [0, 0.05) is 12.6 Å². The number of esters is 1. The Morgan fingerprint density at radius 1 is 1.21 bits per heavy atom. The summed E-state index contributed by atoms with van der Waals surface area (Å²) in [5.74, 6) is -0.490. The van der Waals surface area contributed by atoms with Crippen molar-refractivity contribution in [3.63, 3.8) is 0 Å². The Kier molecular flexibility index (Phi) is 8.59.